The summed E-state index contributed by atoms with van der Waals surface area (Å²) >= 11 is 0. The predicted octanol–water partition coefficient (Wildman–Crippen LogP) is 9.37. The minimum Gasteiger partial charge on any atom is -0.393 e. The molecule has 0 radical (unpaired) electrons. The quantitative estimate of drug-likeness (QED) is 0.214. The van der Waals surface area contributed by atoms with Crippen molar-refractivity contribution in [3.63, 3.8) is 0 Å². The molecule has 42 heavy (non-hydrogen) atoms. The molecule has 0 amide bonds. The van der Waals surface area contributed by atoms with Crippen molar-refractivity contribution in [2.24, 2.45) is 10.8 Å². The van der Waals surface area contributed by atoms with Crippen LogP contribution >= 0.6 is 0 Å². The first-order valence-electron chi connectivity index (χ1n) is 15.5. The van der Waals surface area contributed by atoms with Crippen LogP contribution < -0.4 is 0 Å². The van der Waals surface area contributed by atoms with Crippen LogP contribution in [0.3, 0.4) is 0 Å². The topological polar surface area (TPSA) is 49.7 Å². The van der Waals surface area contributed by atoms with E-state index in [0.29, 0.717) is 6.42 Å². The predicted molar refractivity (Wildman–Crippen MR) is 179 cm³/mol. The summed E-state index contributed by atoms with van der Waals surface area (Å²) in [5.41, 5.74) is 8.70. The van der Waals surface area contributed by atoms with Gasteiger partial charge in [-0.3, -0.25) is 0 Å². The van der Waals surface area contributed by atoms with Crippen molar-refractivity contribution in [3.8, 4) is 0 Å². The fraction of sp³-hybridized carbons (Fsp3) is 0.487. The first kappa shape index (κ1) is 33.8. The minimum atomic E-state index is -0.284. The lowest BCUT2D eigenvalue weighted by molar-refractivity contribution is -0.00620. The third-order valence-electron chi connectivity index (χ3n) is 8.71. The number of ether oxygens (including phenoxy) is 1. The number of hydrogen-bond acceptors (Lipinski definition) is 3. The van der Waals surface area contributed by atoms with Crippen LogP contribution in [-0.4, -0.2) is 34.6 Å². The fourth-order valence-electron chi connectivity index (χ4n) is 6.45. The first-order valence-corrected chi connectivity index (χ1v) is 15.5. The Labute approximate surface area is 255 Å². The summed E-state index contributed by atoms with van der Waals surface area (Å²) in [7, 11) is 0. The second-order valence-electron chi connectivity index (χ2n) is 13.9. The summed E-state index contributed by atoms with van der Waals surface area (Å²) in [5.74, 6) is 0. The van der Waals surface area contributed by atoms with Crippen LogP contribution in [0.2, 0.25) is 0 Å². The van der Waals surface area contributed by atoms with Crippen molar-refractivity contribution in [3.05, 3.63) is 118 Å². The maximum atomic E-state index is 10.2. The summed E-state index contributed by atoms with van der Waals surface area (Å²) in [4.78, 5) is 0. The Bertz CT molecular complexity index is 1280. The van der Waals surface area contributed by atoms with E-state index in [4.69, 9.17) is 4.74 Å². The zero-order chi connectivity index (χ0) is 31.1. The van der Waals surface area contributed by atoms with Gasteiger partial charge in [0, 0.05) is 6.42 Å². The SMILES string of the molecule is CC1=C(/C=C/C(C)=C/C=C/C(C)=C/C=C/C=C(C)/C=C/C=C(\C)C2C=C3C(CC(O)CC3(C)C)O2)C(C)(C)CC(O)C1. The average molecular weight is 571 g/mol. The van der Waals surface area contributed by atoms with Gasteiger partial charge in [-0.2, -0.15) is 0 Å². The molecule has 3 nitrogen and oxygen atoms in total. The Balaban J connectivity index is 1.50. The minimum absolute atomic E-state index is 0.00307. The normalized spacial score (nSPS) is 29.5. The Morgan fingerprint density at radius 3 is 1.93 bits per heavy atom. The van der Waals surface area contributed by atoms with Crippen LogP contribution in [0.15, 0.2) is 118 Å². The fourth-order valence-corrected chi connectivity index (χ4v) is 6.45. The number of aliphatic hydroxyl groups excluding tert-OH is 2. The largest absolute Gasteiger partial charge is 0.393 e. The molecule has 2 N–H and O–H groups in total. The van der Waals surface area contributed by atoms with Gasteiger partial charge in [0.1, 0.15) is 0 Å². The van der Waals surface area contributed by atoms with Gasteiger partial charge in [-0.15, -0.1) is 0 Å². The molecule has 0 aromatic rings. The molecule has 0 saturated heterocycles. The van der Waals surface area contributed by atoms with Gasteiger partial charge < -0.3 is 14.9 Å². The Kier molecular flexibility index (Phi) is 11.8. The summed E-state index contributed by atoms with van der Waals surface area (Å²) in [5, 5.41) is 20.3. The van der Waals surface area contributed by atoms with E-state index >= 15 is 0 Å². The van der Waals surface area contributed by atoms with E-state index in [1.807, 2.05) is 0 Å². The Hall–Kier alpha value is -2.72. The van der Waals surface area contributed by atoms with Crippen LogP contribution in [-0.2, 0) is 4.74 Å². The maximum Gasteiger partial charge on any atom is 0.0979 e. The lowest BCUT2D eigenvalue weighted by atomic mass is 9.71. The van der Waals surface area contributed by atoms with E-state index in [1.165, 1.54) is 39.0 Å². The zero-order valence-corrected chi connectivity index (χ0v) is 27.4. The van der Waals surface area contributed by atoms with Gasteiger partial charge in [0.15, 0.2) is 0 Å². The highest BCUT2D eigenvalue weighted by atomic mass is 16.5. The van der Waals surface area contributed by atoms with E-state index in [1.54, 1.807) is 0 Å². The summed E-state index contributed by atoms with van der Waals surface area (Å²) < 4.78 is 6.28. The van der Waals surface area contributed by atoms with E-state index in [0.717, 1.165) is 19.3 Å². The van der Waals surface area contributed by atoms with Gasteiger partial charge in [-0.25, -0.2) is 0 Å². The molecule has 3 aliphatic rings. The summed E-state index contributed by atoms with van der Waals surface area (Å²) in [6, 6.07) is 0. The van der Waals surface area contributed by atoms with Gasteiger partial charge in [-0.05, 0) is 87.5 Å². The molecule has 1 heterocycles. The van der Waals surface area contributed by atoms with Gasteiger partial charge in [0.2, 0.25) is 0 Å². The molecule has 3 rings (SSSR count). The van der Waals surface area contributed by atoms with E-state index < -0.39 is 0 Å². The molecule has 4 atom stereocenters. The number of fused-ring (bicyclic) bond motifs is 1. The van der Waals surface area contributed by atoms with Crippen molar-refractivity contribution in [2.45, 2.75) is 112 Å². The highest BCUT2D eigenvalue weighted by Gasteiger charge is 2.42. The van der Waals surface area contributed by atoms with Crippen LogP contribution in [0.5, 0.6) is 0 Å². The second kappa shape index (κ2) is 14.6. The molecule has 0 bridgehead atoms. The Morgan fingerprint density at radius 1 is 0.762 bits per heavy atom. The molecule has 0 spiro atoms. The molecular formula is C39H54O3. The van der Waals surface area contributed by atoms with Crippen molar-refractivity contribution in [1.82, 2.24) is 0 Å². The highest BCUT2D eigenvalue weighted by Crippen LogP contribution is 2.46. The van der Waals surface area contributed by atoms with Crippen LogP contribution in [0.25, 0.3) is 0 Å². The molecule has 2 aliphatic carbocycles. The molecule has 0 aromatic heterocycles. The molecule has 3 heteroatoms. The Morgan fingerprint density at radius 2 is 1.31 bits per heavy atom. The summed E-state index contributed by atoms with van der Waals surface area (Å²) in [6.07, 6.45) is 30.3. The zero-order valence-electron chi connectivity index (χ0n) is 27.4. The third kappa shape index (κ3) is 9.66. The van der Waals surface area contributed by atoms with E-state index in [-0.39, 0.29) is 35.2 Å². The summed E-state index contributed by atoms with van der Waals surface area (Å²) in [6.45, 7) is 19.4. The number of allylic oxidation sites excluding steroid dienone is 16. The smallest absolute Gasteiger partial charge is 0.0979 e. The standard InChI is InChI=1S/C39H54O3/c1-27(16-12-17-29(3)20-21-34-31(5)22-32(40)25-38(34,6)7)14-10-11-15-28(2)18-13-19-30(4)36-24-35-37(42-36)23-33(41)26-39(35,8)9/h10-21,24,32-33,36-37,40-41H,22-23,25-26H2,1-9H3/b11-10+,16-12+,18-13+,21-20+,27-14+,28-15+,29-17+,30-19+. The number of rotatable bonds is 9. The molecule has 1 saturated carbocycles. The molecule has 1 fully saturated rings. The molecule has 4 unspecified atom stereocenters. The van der Waals surface area contributed by atoms with Crippen LogP contribution in [0.1, 0.15) is 88.0 Å². The van der Waals surface area contributed by atoms with E-state index in [9.17, 15) is 10.2 Å². The molecule has 1 aliphatic heterocycles. The monoisotopic (exact) mass is 570 g/mol. The molecule has 0 aromatic carbocycles. The van der Waals surface area contributed by atoms with Crippen molar-refractivity contribution in [2.75, 3.05) is 0 Å². The first-order chi connectivity index (χ1) is 19.7. The van der Waals surface area contributed by atoms with Crippen LogP contribution in [0.4, 0.5) is 0 Å². The highest BCUT2D eigenvalue weighted by molar-refractivity contribution is 5.38. The van der Waals surface area contributed by atoms with Gasteiger partial charge in [0.05, 0.1) is 24.4 Å². The van der Waals surface area contributed by atoms with Crippen molar-refractivity contribution < 1.29 is 14.9 Å². The maximum absolute atomic E-state index is 10.2. The molecular weight excluding hydrogens is 516 g/mol. The average Bonchev–Trinajstić information content (AvgIpc) is 3.30. The van der Waals surface area contributed by atoms with Crippen molar-refractivity contribution in [1.29, 1.82) is 0 Å². The van der Waals surface area contributed by atoms with Gasteiger partial charge in [-0.1, -0.05) is 123 Å². The third-order valence-corrected chi connectivity index (χ3v) is 8.71. The van der Waals surface area contributed by atoms with Gasteiger partial charge in [0.25, 0.3) is 0 Å². The molecule has 228 valence electrons. The van der Waals surface area contributed by atoms with Crippen molar-refractivity contribution >= 4 is 0 Å². The lowest BCUT2D eigenvalue weighted by Gasteiger charge is -2.38. The van der Waals surface area contributed by atoms with E-state index in [2.05, 4.69) is 141 Å². The van der Waals surface area contributed by atoms with Crippen LogP contribution in [0, 0.1) is 10.8 Å². The lowest BCUT2D eigenvalue weighted by Crippen LogP contribution is -2.36. The number of hydrogen-bond donors (Lipinski definition) is 2. The van der Waals surface area contributed by atoms with Gasteiger partial charge >= 0.3 is 0 Å². The number of aliphatic hydroxyl groups is 2. The second-order valence-corrected chi connectivity index (χ2v) is 13.9.